The van der Waals surface area contributed by atoms with E-state index in [2.05, 4.69) is 14.8 Å². The lowest BCUT2D eigenvalue weighted by Crippen LogP contribution is -2.13. The second kappa shape index (κ2) is 2.62. The zero-order valence-corrected chi connectivity index (χ0v) is 6.40. The molecule has 1 atom stereocenters. The van der Waals surface area contributed by atoms with Gasteiger partial charge in [0.2, 0.25) is 0 Å². The van der Waals surface area contributed by atoms with Gasteiger partial charge in [-0.05, 0) is 19.3 Å². The summed E-state index contributed by atoms with van der Waals surface area (Å²) in [6.07, 6.45) is 5.20. The summed E-state index contributed by atoms with van der Waals surface area (Å²) >= 11 is 0. The molecule has 0 bridgehead atoms. The number of nitrogens with zero attached hydrogens (tertiary/aromatic N) is 3. The molecule has 2 N–H and O–H groups in total. The Balaban J connectivity index is 2.34. The van der Waals surface area contributed by atoms with E-state index in [-0.39, 0.29) is 6.04 Å². The van der Waals surface area contributed by atoms with Crippen molar-refractivity contribution in [3.8, 4) is 0 Å². The van der Waals surface area contributed by atoms with Crippen molar-refractivity contribution < 1.29 is 0 Å². The summed E-state index contributed by atoms with van der Waals surface area (Å²) in [5.41, 5.74) is 5.87. The Hall–Kier alpha value is -0.900. The van der Waals surface area contributed by atoms with Crippen molar-refractivity contribution in [2.24, 2.45) is 5.73 Å². The Morgan fingerprint density at radius 1 is 1.55 bits per heavy atom. The fourth-order valence-corrected chi connectivity index (χ4v) is 1.50. The maximum atomic E-state index is 5.87. The molecule has 4 heteroatoms. The molecule has 0 spiro atoms. The highest BCUT2D eigenvalue weighted by Crippen LogP contribution is 2.18. The molecule has 0 radical (unpaired) electrons. The van der Waals surface area contributed by atoms with E-state index in [1.807, 2.05) is 0 Å². The molecule has 0 fully saturated rings. The lowest BCUT2D eigenvalue weighted by Gasteiger charge is -2.05. The number of hydrogen-bond donors (Lipinski definition) is 1. The average Bonchev–Trinajstić information content (AvgIpc) is 2.40. The topological polar surface area (TPSA) is 56.7 Å². The van der Waals surface area contributed by atoms with Crippen LogP contribution in [0.4, 0.5) is 0 Å². The first-order chi connectivity index (χ1) is 5.38. The molecule has 2 heterocycles. The number of nitrogens with two attached hydrogens (primary N) is 1. The smallest absolute Gasteiger partial charge is 0.149 e. The lowest BCUT2D eigenvalue weighted by molar-refractivity contribution is 0.600. The van der Waals surface area contributed by atoms with Gasteiger partial charge in [-0.1, -0.05) is 0 Å². The lowest BCUT2D eigenvalue weighted by atomic mass is 10.1. The SMILES string of the molecule is N[C@H]1CCCCn2cnnc21. The van der Waals surface area contributed by atoms with Gasteiger partial charge in [-0.15, -0.1) is 10.2 Å². The maximum Gasteiger partial charge on any atom is 0.149 e. The highest BCUT2D eigenvalue weighted by atomic mass is 15.3. The highest BCUT2D eigenvalue weighted by Gasteiger charge is 2.15. The second-order valence-corrected chi connectivity index (χ2v) is 2.98. The van der Waals surface area contributed by atoms with Crippen LogP contribution in [0, 0.1) is 0 Å². The van der Waals surface area contributed by atoms with Gasteiger partial charge in [0, 0.05) is 6.54 Å². The van der Waals surface area contributed by atoms with Crippen molar-refractivity contribution in [1.29, 1.82) is 0 Å². The van der Waals surface area contributed by atoms with Gasteiger partial charge >= 0.3 is 0 Å². The summed E-state index contributed by atoms with van der Waals surface area (Å²) in [5.74, 6) is 0.947. The molecule has 1 aromatic rings. The van der Waals surface area contributed by atoms with Crippen LogP contribution in [0.2, 0.25) is 0 Å². The van der Waals surface area contributed by atoms with Crippen LogP contribution in [-0.4, -0.2) is 14.8 Å². The van der Waals surface area contributed by atoms with E-state index in [9.17, 15) is 0 Å². The Morgan fingerprint density at radius 2 is 2.45 bits per heavy atom. The van der Waals surface area contributed by atoms with Crippen LogP contribution in [0.3, 0.4) is 0 Å². The fourth-order valence-electron chi connectivity index (χ4n) is 1.50. The molecule has 4 nitrogen and oxygen atoms in total. The van der Waals surface area contributed by atoms with Gasteiger partial charge in [-0.25, -0.2) is 0 Å². The standard InChI is InChI=1S/C7H12N4/c8-6-3-1-2-4-11-5-9-10-7(6)11/h5-6H,1-4,8H2/t6-/m0/s1. The first-order valence-electron chi connectivity index (χ1n) is 4.01. The van der Waals surface area contributed by atoms with Crippen LogP contribution < -0.4 is 5.73 Å². The van der Waals surface area contributed by atoms with E-state index in [4.69, 9.17) is 5.73 Å². The van der Waals surface area contributed by atoms with Crippen LogP contribution >= 0.6 is 0 Å². The van der Waals surface area contributed by atoms with Gasteiger partial charge in [-0.3, -0.25) is 0 Å². The van der Waals surface area contributed by atoms with Gasteiger partial charge in [0.1, 0.15) is 12.2 Å². The van der Waals surface area contributed by atoms with Crippen molar-refractivity contribution in [2.45, 2.75) is 31.8 Å². The molecule has 0 aromatic carbocycles. The van der Waals surface area contributed by atoms with Gasteiger partial charge in [0.05, 0.1) is 6.04 Å². The Kier molecular flexibility index (Phi) is 1.62. The molecule has 0 amide bonds. The van der Waals surface area contributed by atoms with E-state index < -0.39 is 0 Å². The van der Waals surface area contributed by atoms with Gasteiger partial charge in [-0.2, -0.15) is 0 Å². The third kappa shape index (κ3) is 1.14. The summed E-state index contributed by atoms with van der Waals surface area (Å²) in [5, 5.41) is 7.81. The molecule has 2 rings (SSSR count). The first-order valence-corrected chi connectivity index (χ1v) is 4.01. The van der Waals surface area contributed by atoms with E-state index >= 15 is 0 Å². The molecule has 0 saturated carbocycles. The van der Waals surface area contributed by atoms with E-state index in [1.54, 1.807) is 6.33 Å². The molecule has 60 valence electrons. The van der Waals surface area contributed by atoms with E-state index in [0.717, 1.165) is 18.8 Å². The Bertz CT molecular complexity index is 242. The normalized spacial score (nSPS) is 24.3. The third-order valence-corrected chi connectivity index (χ3v) is 2.14. The van der Waals surface area contributed by atoms with Crippen molar-refractivity contribution in [3.63, 3.8) is 0 Å². The molecule has 11 heavy (non-hydrogen) atoms. The predicted molar refractivity (Wildman–Crippen MR) is 40.8 cm³/mol. The summed E-state index contributed by atoms with van der Waals surface area (Å²) in [6.45, 7) is 1.02. The number of aromatic nitrogens is 3. The van der Waals surface area contributed by atoms with Crippen molar-refractivity contribution in [1.82, 2.24) is 14.8 Å². The third-order valence-electron chi connectivity index (χ3n) is 2.14. The van der Waals surface area contributed by atoms with Gasteiger partial charge in [0.25, 0.3) is 0 Å². The molecule has 1 aliphatic rings. The molecule has 1 aliphatic heterocycles. The number of aryl methyl sites for hydroxylation is 1. The van der Waals surface area contributed by atoms with Crippen LogP contribution in [0.15, 0.2) is 6.33 Å². The monoisotopic (exact) mass is 152 g/mol. The Morgan fingerprint density at radius 3 is 3.36 bits per heavy atom. The van der Waals surface area contributed by atoms with Crippen LogP contribution in [0.25, 0.3) is 0 Å². The predicted octanol–water partition coefficient (Wildman–Crippen LogP) is 0.462. The van der Waals surface area contributed by atoms with Crippen molar-refractivity contribution in [2.75, 3.05) is 0 Å². The second-order valence-electron chi connectivity index (χ2n) is 2.98. The minimum absolute atomic E-state index is 0.0972. The largest absolute Gasteiger partial charge is 0.321 e. The number of rotatable bonds is 0. The molecular weight excluding hydrogens is 140 g/mol. The summed E-state index contributed by atoms with van der Waals surface area (Å²) in [6, 6.07) is 0.0972. The van der Waals surface area contributed by atoms with Gasteiger partial charge in [0.15, 0.2) is 0 Å². The van der Waals surface area contributed by atoms with Crippen molar-refractivity contribution >= 4 is 0 Å². The number of fused-ring (bicyclic) bond motifs is 1. The zero-order chi connectivity index (χ0) is 7.68. The summed E-state index contributed by atoms with van der Waals surface area (Å²) in [4.78, 5) is 0. The number of hydrogen-bond acceptors (Lipinski definition) is 3. The van der Waals surface area contributed by atoms with Crippen LogP contribution in [-0.2, 0) is 6.54 Å². The fraction of sp³-hybridized carbons (Fsp3) is 0.714. The molecule has 0 unspecified atom stereocenters. The van der Waals surface area contributed by atoms with E-state index in [0.29, 0.717) is 0 Å². The molecule has 0 saturated heterocycles. The minimum Gasteiger partial charge on any atom is -0.321 e. The zero-order valence-electron chi connectivity index (χ0n) is 6.40. The molecule has 0 aliphatic carbocycles. The summed E-state index contributed by atoms with van der Waals surface area (Å²) in [7, 11) is 0. The highest BCUT2D eigenvalue weighted by molar-refractivity contribution is 4.94. The van der Waals surface area contributed by atoms with Crippen LogP contribution in [0.5, 0.6) is 0 Å². The van der Waals surface area contributed by atoms with Gasteiger partial charge < -0.3 is 10.3 Å². The quantitative estimate of drug-likeness (QED) is 0.587. The molecule has 1 aromatic heterocycles. The first kappa shape index (κ1) is 6.79. The minimum atomic E-state index is 0.0972. The Labute approximate surface area is 65.4 Å². The van der Waals surface area contributed by atoms with Crippen molar-refractivity contribution in [3.05, 3.63) is 12.2 Å². The molecular formula is C7H12N4. The van der Waals surface area contributed by atoms with E-state index in [1.165, 1.54) is 12.8 Å². The maximum absolute atomic E-state index is 5.87. The summed E-state index contributed by atoms with van der Waals surface area (Å²) < 4.78 is 2.05. The van der Waals surface area contributed by atoms with Crippen LogP contribution in [0.1, 0.15) is 31.1 Å². The average molecular weight is 152 g/mol.